The van der Waals surface area contributed by atoms with E-state index in [4.69, 9.17) is 0 Å². The fraction of sp³-hybridized carbons (Fsp3) is 0.320. The van der Waals surface area contributed by atoms with Crippen LogP contribution in [0.5, 0.6) is 0 Å². The molecule has 0 aliphatic carbocycles. The Morgan fingerprint density at radius 1 is 0.939 bits per heavy atom. The number of anilines is 1. The number of hydrogen-bond donors (Lipinski definition) is 1. The Labute approximate surface area is 193 Å². The summed E-state index contributed by atoms with van der Waals surface area (Å²) in [4.78, 5) is 46.5. The number of fused-ring (bicyclic) bond motifs is 1. The standard InChI is InChI=1S/C25H27N5O3/c1-27-17-20(23(31)29-14-12-28(13-15-29)19-10-6-3-7-11-19)21-22(27)24(32)30(25(33)26-21)16-18-8-4-2-5-9-18/h2-11,17,21-22H,12-16H2,1H3,(H,26,33). The van der Waals surface area contributed by atoms with E-state index in [1.54, 1.807) is 18.1 Å². The first-order chi connectivity index (χ1) is 16.0. The van der Waals surface area contributed by atoms with Crippen molar-refractivity contribution < 1.29 is 14.4 Å². The minimum Gasteiger partial charge on any atom is -0.368 e. The summed E-state index contributed by atoms with van der Waals surface area (Å²) < 4.78 is 0. The molecule has 1 N–H and O–H groups in total. The van der Waals surface area contributed by atoms with Gasteiger partial charge in [0.25, 0.3) is 11.8 Å². The quantitative estimate of drug-likeness (QED) is 0.775. The third kappa shape index (κ3) is 3.92. The van der Waals surface area contributed by atoms with Gasteiger partial charge in [0.1, 0.15) is 6.04 Å². The number of carbonyl (C=O) groups excluding carboxylic acids is 3. The highest BCUT2D eigenvalue weighted by molar-refractivity contribution is 6.05. The molecular weight excluding hydrogens is 418 g/mol. The van der Waals surface area contributed by atoms with Crippen molar-refractivity contribution in [1.82, 2.24) is 20.0 Å². The van der Waals surface area contributed by atoms with Crippen molar-refractivity contribution in [2.45, 2.75) is 18.6 Å². The third-order valence-electron chi connectivity index (χ3n) is 6.59. The number of piperazine rings is 1. The molecule has 3 aliphatic rings. The fourth-order valence-electron chi connectivity index (χ4n) is 4.82. The third-order valence-corrected chi connectivity index (χ3v) is 6.59. The summed E-state index contributed by atoms with van der Waals surface area (Å²) in [5.41, 5.74) is 2.49. The Morgan fingerprint density at radius 3 is 2.24 bits per heavy atom. The summed E-state index contributed by atoms with van der Waals surface area (Å²) >= 11 is 0. The zero-order chi connectivity index (χ0) is 22.9. The van der Waals surface area contributed by atoms with E-state index in [0.717, 1.165) is 24.3 Å². The van der Waals surface area contributed by atoms with E-state index in [9.17, 15) is 14.4 Å². The zero-order valence-corrected chi connectivity index (χ0v) is 18.6. The molecule has 0 bridgehead atoms. The minimum atomic E-state index is -0.637. The molecule has 3 aliphatic heterocycles. The topological polar surface area (TPSA) is 76.2 Å². The van der Waals surface area contributed by atoms with Gasteiger partial charge in [0.15, 0.2) is 0 Å². The molecular formula is C25H27N5O3. The van der Waals surface area contributed by atoms with Crippen molar-refractivity contribution in [3.05, 3.63) is 78.0 Å². The van der Waals surface area contributed by atoms with Gasteiger partial charge in [-0.1, -0.05) is 48.5 Å². The predicted octanol–water partition coefficient (Wildman–Crippen LogP) is 1.65. The highest BCUT2D eigenvalue weighted by Gasteiger charge is 2.49. The molecule has 8 heteroatoms. The number of benzene rings is 2. The van der Waals surface area contributed by atoms with Crippen molar-refractivity contribution >= 4 is 23.5 Å². The van der Waals surface area contributed by atoms with Crippen LogP contribution in [0.4, 0.5) is 10.5 Å². The Balaban J connectivity index is 1.26. The summed E-state index contributed by atoms with van der Waals surface area (Å²) in [7, 11) is 1.78. The number of likely N-dealkylation sites (N-methyl/N-ethyl adjacent to an activating group) is 1. The Hall–Kier alpha value is -3.81. The predicted molar refractivity (Wildman–Crippen MR) is 124 cm³/mol. The van der Waals surface area contributed by atoms with Gasteiger partial charge in [-0.05, 0) is 17.7 Å². The van der Waals surface area contributed by atoms with Gasteiger partial charge >= 0.3 is 6.03 Å². The maximum absolute atomic E-state index is 13.4. The van der Waals surface area contributed by atoms with E-state index in [1.807, 2.05) is 53.4 Å². The molecule has 33 heavy (non-hydrogen) atoms. The van der Waals surface area contributed by atoms with Crippen LogP contribution in [0.1, 0.15) is 5.56 Å². The molecule has 4 amide bonds. The maximum atomic E-state index is 13.4. The lowest BCUT2D eigenvalue weighted by atomic mass is 9.98. The van der Waals surface area contributed by atoms with Gasteiger partial charge in [-0.2, -0.15) is 0 Å². The van der Waals surface area contributed by atoms with Crippen molar-refractivity contribution in [3.8, 4) is 0 Å². The molecule has 3 heterocycles. The van der Waals surface area contributed by atoms with Crippen LogP contribution >= 0.6 is 0 Å². The first kappa shape index (κ1) is 21.1. The van der Waals surface area contributed by atoms with Crippen molar-refractivity contribution in [3.63, 3.8) is 0 Å². The lowest BCUT2D eigenvalue weighted by Gasteiger charge is -2.39. The van der Waals surface area contributed by atoms with E-state index in [-0.39, 0.29) is 18.4 Å². The van der Waals surface area contributed by atoms with Crippen LogP contribution in [-0.2, 0) is 16.1 Å². The van der Waals surface area contributed by atoms with E-state index in [1.165, 1.54) is 4.90 Å². The molecule has 5 rings (SSSR count). The smallest absolute Gasteiger partial charge is 0.325 e. The second kappa shape index (κ2) is 8.61. The monoisotopic (exact) mass is 445 g/mol. The van der Waals surface area contributed by atoms with Crippen LogP contribution in [0.15, 0.2) is 72.4 Å². The molecule has 0 spiro atoms. The van der Waals surface area contributed by atoms with Crippen LogP contribution in [0.2, 0.25) is 0 Å². The maximum Gasteiger partial charge on any atom is 0.325 e. The summed E-state index contributed by atoms with van der Waals surface area (Å²) in [6, 6.07) is 17.8. The summed E-state index contributed by atoms with van der Waals surface area (Å²) in [6.45, 7) is 2.86. The average Bonchev–Trinajstić information content (AvgIpc) is 3.18. The molecule has 2 saturated heterocycles. The SMILES string of the molecule is CN1C=C(C(=O)N2CCN(c3ccccc3)CC2)C2NC(=O)N(Cc3ccccc3)C(=O)C21. The lowest BCUT2D eigenvalue weighted by molar-refractivity contribution is -0.135. The molecule has 2 fully saturated rings. The van der Waals surface area contributed by atoms with E-state index in [2.05, 4.69) is 22.3 Å². The first-order valence-electron chi connectivity index (χ1n) is 11.2. The molecule has 0 radical (unpaired) electrons. The van der Waals surface area contributed by atoms with Gasteiger partial charge in [-0.25, -0.2) is 4.79 Å². The van der Waals surface area contributed by atoms with E-state index < -0.39 is 18.1 Å². The minimum absolute atomic E-state index is 0.119. The number of imide groups is 1. The van der Waals surface area contributed by atoms with Gasteiger partial charge in [-0.3, -0.25) is 14.5 Å². The van der Waals surface area contributed by atoms with Crippen LogP contribution in [0.3, 0.4) is 0 Å². The lowest BCUT2D eigenvalue weighted by Crippen LogP contribution is -2.65. The number of rotatable bonds is 4. The van der Waals surface area contributed by atoms with Gasteiger partial charge in [0.05, 0.1) is 18.2 Å². The molecule has 0 saturated carbocycles. The zero-order valence-electron chi connectivity index (χ0n) is 18.6. The van der Waals surface area contributed by atoms with Crippen molar-refractivity contribution in [2.24, 2.45) is 0 Å². The number of nitrogens with one attached hydrogen (secondary N) is 1. The summed E-state index contributed by atoms with van der Waals surface area (Å²) in [5.74, 6) is -0.408. The number of hydrogen-bond acceptors (Lipinski definition) is 5. The summed E-state index contributed by atoms with van der Waals surface area (Å²) in [5, 5.41) is 2.91. The van der Waals surface area contributed by atoms with E-state index in [0.29, 0.717) is 18.7 Å². The van der Waals surface area contributed by atoms with E-state index >= 15 is 0 Å². The van der Waals surface area contributed by atoms with Gasteiger partial charge in [-0.15, -0.1) is 0 Å². The van der Waals surface area contributed by atoms with Gasteiger partial charge in [0.2, 0.25) is 0 Å². The number of urea groups is 1. The molecule has 170 valence electrons. The normalized spacial score (nSPS) is 22.8. The number of carbonyl (C=O) groups is 3. The summed E-state index contributed by atoms with van der Waals surface area (Å²) in [6.07, 6.45) is 1.71. The Kier molecular flexibility index (Phi) is 5.50. The van der Waals surface area contributed by atoms with Crippen molar-refractivity contribution in [2.75, 3.05) is 38.1 Å². The fourth-order valence-corrected chi connectivity index (χ4v) is 4.82. The molecule has 2 aromatic carbocycles. The van der Waals surface area contributed by atoms with Crippen LogP contribution < -0.4 is 10.2 Å². The Morgan fingerprint density at radius 2 is 1.58 bits per heavy atom. The highest BCUT2D eigenvalue weighted by atomic mass is 16.2. The van der Waals surface area contributed by atoms with Gasteiger partial charge in [0, 0.05) is 45.1 Å². The number of amides is 4. The molecule has 2 aromatic rings. The second-order valence-corrected chi connectivity index (χ2v) is 8.65. The van der Waals surface area contributed by atoms with Crippen LogP contribution in [-0.4, -0.2) is 77.9 Å². The largest absolute Gasteiger partial charge is 0.368 e. The second-order valence-electron chi connectivity index (χ2n) is 8.65. The molecule has 0 aromatic heterocycles. The number of nitrogens with zero attached hydrogens (tertiary/aromatic N) is 4. The molecule has 8 nitrogen and oxygen atoms in total. The van der Waals surface area contributed by atoms with Gasteiger partial charge < -0.3 is 20.0 Å². The molecule has 2 unspecified atom stereocenters. The number of para-hydroxylation sites is 1. The van der Waals surface area contributed by atoms with Crippen LogP contribution in [0, 0.1) is 0 Å². The highest BCUT2D eigenvalue weighted by Crippen LogP contribution is 2.29. The average molecular weight is 446 g/mol. The first-order valence-corrected chi connectivity index (χ1v) is 11.2. The van der Waals surface area contributed by atoms with Crippen molar-refractivity contribution in [1.29, 1.82) is 0 Å². The molecule has 2 atom stereocenters. The van der Waals surface area contributed by atoms with Crippen LogP contribution in [0.25, 0.3) is 0 Å². The Bertz CT molecular complexity index is 1080.